The van der Waals surface area contributed by atoms with Gasteiger partial charge in [0.25, 0.3) is 11.1 Å². The lowest BCUT2D eigenvalue weighted by Gasteiger charge is -2.44. The second-order valence-corrected chi connectivity index (χ2v) is 16.6. The molecule has 0 bridgehead atoms. The van der Waals surface area contributed by atoms with E-state index in [4.69, 9.17) is 44.1 Å². The van der Waals surface area contributed by atoms with Crippen molar-refractivity contribution in [2.24, 2.45) is 22.3 Å². The molecule has 2 saturated carbocycles. The van der Waals surface area contributed by atoms with Gasteiger partial charge in [-0.1, -0.05) is 74.3 Å². The predicted molar refractivity (Wildman–Crippen MR) is 227 cm³/mol. The van der Waals surface area contributed by atoms with Crippen molar-refractivity contribution in [2.45, 2.75) is 122 Å². The molecule has 0 aliphatic heterocycles. The van der Waals surface area contributed by atoms with Crippen LogP contribution in [0.1, 0.15) is 97.0 Å². The molecule has 0 spiro atoms. The van der Waals surface area contributed by atoms with Gasteiger partial charge in [-0.3, -0.25) is 9.59 Å². The summed E-state index contributed by atoms with van der Waals surface area (Å²) < 4.78 is 12.5. The van der Waals surface area contributed by atoms with E-state index in [2.05, 4.69) is 61.1 Å². The first kappa shape index (κ1) is 40.8. The third kappa shape index (κ3) is 9.26. The van der Waals surface area contributed by atoms with Gasteiger partial charge in [0.15, 0.2) is 0 Å². The summed E-state index contributed by atoms with van der Waals surface area (Å²) in [7, 11) is 0. The minimum absolute atomic E-state index is 0.106. The maximum Gasteiger partial charge on any atom is 0.255 e. The molecule has 2 fully saturated rings. The van der Waals surface area contributed by atoms with Crippen molar-refractivity contribution in [3.05, 3.63) is 115 Å². The van der Waals surface area contributed by atoms with Gasteiger partial charge in [-0.05, 0) is 141 Å². The van der Waals surface area contributed by atoms with E-state index < -0.39 is 0 Å². The van der Waals surface area contributed by atoms with E-state index in [1.54, 1.807) is 24.5 Å². The average molecular weight is 788 g/mol. The minimum atomic E-state index is -0.141. The molecule has 2 atom stereocenters. The fraction of sp³-hybridized carbons (Fsp3) is 0.467. The molecule has 2 unspecified atom stereocenters. The van der Waals surface area contributed by atoms with Crippen LogP contribution in [0.2, 0.25) is 10.0 Å². The molecule has 55 heavy (non-hydrogen) atoms. The molecule has 2 aromatic heterocycles. The number of nitrogens with two attached hydrogens (primary N) is 2. The molecule has 7 rings (SSSR count). The van der Waals surface area contributed by atoms with Crippen LogP contribution in [0.25, 0.3) is 21.5 Å². The second kappa shape index (κ2) is 18.0. The van der Waals surface area contributed by atoms with Gasteiger partial charge in [0, 0.05) is 35.2 Å². The van der Waals surface area contributed by atoms with Crippen molar-refractivity contribution >= 4 is 44.7 Å². The van der Waals surface area contributed by atoms with Crippen molar-refractivity contribution in [3.63, 3.8) is 0 Å². The number of ether oxygens (including phenoxy) is 2. The summed E-state index contributed by atoms with van der Waals surface area (Å²) in [5.41, 5.74) is 14.5. The Bertz CT molecular complexity index is 2150. The zero-order valence-corrected chi connectivity index (χ0v) is 33.9. The topological polar surface area (TPSA) is 136 Å². The van der Waals surface area contributed by atoms with Crippen LogP contribution in [0, 0.1) is 10.8 Å². The summed E-state index contributed by atoms with van der Waals surface area (Å²) in [6.45, 7) is 6.59. The van der Waals surface area contributed by atoms with Gasteiger partial charge in [-0.15, -0.1) is 0 Å². The zero-order chi connectivity index (χ0) is 39.2. The lowest BCUT2D eigenvalue weighted by molar-refractivity contribution is 0.0569. The Morgan fingerprint density at radius 1 is 0.673 bits per heavy atom. The van der Waals surface area contributed by atoms with E-state index in [9.17, 15) is 9.59 Å². The number of nitrogens with one attached hydrogen (secondary N) is 2. The Kier molecular flexibility index (Phi) is 13.3. The van der Waals surface area contributed by atoms with E-state index in [0.717, 1.165) is 87.8 Å². The number of hydrogen-bond donors (Lipinski definition) is 4. The SMILES string of the molecule is CCC(N)C1(CC)CCC(Oc2cc3cc[nH]c(=O)c3cc2Cl)CC1.CCC(N)C1(Cc2ccccc2)CCC(Oc2cc3cc[nH]c(=O)c3cc2Cl)CC1. The van der Waals surface area contributed by atoms with Gasteiger partial charge in [0.05, 0.1) is 22.3 Å². The van der Waals surface area contributed by atoms with Gasteiger partial charge in [0.1, 0.15) is 11.5 Å². The van der Waals surface area contributed by atoms with E-state index in [1.165, 1.54) is 5.56 Å². The third-order valence-corrected chi connectivity index (χ3v) is 13.2. The van der Waals surface area contributed by atoms with Gasteiger partial charge in [-0.25, -0.2) is 0 Å². The molecule has 2 aliphatic carbocycles. The number of halogens is 2. The summed E-state index contributed by atoms with van der Waals surface area (Å²) in [4.78, 5) is 29.2. The predicted octanol–water partition coefficient (Wildman–Crippen LogP) is 10.1. The first-order chi connectivity index (χ1) is 26.5. The number of aromatic nitrogens is 2. The van der Waals surface area contributed by atoms with Crippen LogP contribution in [-0.4, -0.2) is 34.3 Å². The third-order valence-electron chi connectivity index (χ3n) is 12.7. The van der Waals surface area contributed by atoms with Crippen LogP contribution in [-0.2, 0) is 6.42 Å². The monoisotopic (exact) mass is 786 g/mol. The zero-order valence-electron chi connectivity index (χ0n) is 32.3. The highest BCUT2D eigenvalue weighted by Gasteiger charge is 2.41. The molecule has 3 aromatic carbocycles. The summed E-state index contributed by atoms with van der Waals surface area (Å²) in [6, 6.07) is 21.9. The number of benzene rings is 3. The molecule has 2 aliphatic rings. The summed E-state index contributed by atoms with van der Waals surface area (Å²) in [5.74, 6) is 1.31. The van der Waals surface area contributed by atoms with Crippen molar-refractivity contribution in [1.82, 2.24) is 9.97 Å². The molecule has 2 heterocycles. The second-order valence-electron chi connectivity index (χ2n) is 15.8. The molecule has 0 amide bonds. The fourth-order valence-corrected chi connectivity index (χ4v) is 9.43. The summed E-state index contributed by atoms with van der Waals surface area (Å²) in [5, 5.41) is 3.80. The number of rotatable bonds is 11. The lowest BCUT2D eigenvalue weighted by Crippen LogP contribution is -2.47. The standard InChI is InChI=1S/C25H29ClN2O2.C20H27ClN2O2/c1-2-23(27)25(16-17-6-4-3-5-7-17)11-8-19(9-12-25)30-22-14-18-10-13-28-24(29)20(18)15-21(22)26;1-3-18(22)20(4-2)8-5-14(6-9-20)25-17-11-13-7-10-23-19(24)15(13)12-16(17)21/h3-7,10,13-15,19,23H,2,8-9,11-12,16,27H2,1H3,(H,28,29);7,10-12,14,18H,3-6,8-9,22H2,1-2H3,(H,23,24). The number of fused-ring (bicyclic) bond motifs is 2. The first-order valence-corrected chi connectivity index (χ1v) is 20.8. The lowest BCUT2D eigenvalue weighted by atomic mass is 9.64. The summed E-state index contributed by atoms with van der Waals surface area (Å²) >= 11 is 12.8. The van der Waals surface area contributed by atoms with Crippen LogP contribution in [0.15, 0.2) is 88.7 Å². The fourth-order valence-electron chi connectivity index (χ4n) is 9.02. The number of pyridine rings is 2. The molecule has 8 nitrogen and oxygen atoms in total. The number of hydrogen-bond acceptors (Lipinski definition) is 6. The van der Waals surface area contributed by atoms with Crippen molar-refractivity contribution < 1.29 is 9.47 Å². The van der Waals surface area contributed by atoms with Crippen molar-refractivity contribution in [2.75, 3.05) is 0 Å². The minimum Gasteiger partial charge on any atom is -0.489 e. The van der Waals surface area contributed by atoms with Gasteiger partial charge in [-0.2, -0.15) is 0 Å². The van der Waals surface area contributed by atoms with Crippen LogP contribution >= 0.6 is 23.2 Å². The largest absolute Gasteiger partial charge is 0.489 e. The van der Waals surface area contributed by atoms with Gasteiger partial charge in [0.2, 0.25) is 0 Å². The molecule has 0 saturated heterocycles. The Labute approximate surface area is 334 Å². The van der Waals surface area contributed by atoms with Gasteiger partial charge >= 0.3 is 0 Å². The van der Waals surface area contributed by atoms with Crippen molar-refractivity contribution in [3.8, 4) is 11.5 Å². The molecular formula is C45H56Cl2N4O4. The smallest absolute Gasteiger partial charge is 0.255 e. The maximum absolute atomic E-state index is 12.0. The Hall–Kier alpha value is -3.82. The molecular weight excluding hydrogens is 731 g/mol. The van der Waals surface area contributed by atoms with Crippen LogP contribution < -0.4 is 32.1 Å². The van der Waals surface area contributed by atoms with E-state index in [1.807, 2.05) is 24.3 Å². The molecule has 5 aromatic rings. The highest BCUT2D eigenvalue weighted by Crippen LogP contribution is 2.45. The molecule has 294 valence electrons. The highest BCUT2D eigenvalue weighted by atomic mass is 35.5. The highest BCUT2D eigenvalue weighted by molar-refractivity contribution is 6.33. The number of aromatic amines is 2. The first-order valence-electron chi connectivity index (χ1n) is 20.0. The van der Waals surface area contributed by atoms with E-state index in [-0.39, 0.29) is 46.2 Å². The van der Waals surface area contributed by atoms with E-state index >= 15 is 0 Å². The Balaban J connectivity index is 0.000000190. The number of H-pyrrole nitrogens is 2. The van der Waals surface area contributed by atoms with Crippen LogP contribution in [0.3, 0.4) is 0 Å². The molecule has 10 heteroatoms. The van der Waals surface area contributed by atoms with Crippen LogP contribution in [0.5, 0.6) is 11.5 Å². The quantitative estimate of drug-likeness (QED) is 0.105. The van der Waals surface area contributed by atoms with Crippen LogP contribution in [0.4, 0.5) is 0 Å². The summed E-state index contributed by atoms with van der Waals surface area (Å²) in [6.07, 6.45) is 15.8. The Morgan fingerprint density at radius 3 is 1.55 bits per heavy atom. The average Bonchev–Trinajstić information content (AvgIpc) is 3.20. The van der Waals surface area contributed by atoms with Crippen molar-refractivity contribution in [1.29, 1.82) is 0 Å². The normalized spacial score (nSPS) is 23.8. The van der Waals surface area contributed by atoms with Gasteiger partial charge < -0.3 is 30.9 Å². The maximum atomic E-state index is 12.0. The molecule has 0 radical (unpaired) electrons. The molecule has 6 N–H and O–H groups in total. The Morgan fingerprint density at radius 2 is 1.11 bits per heavy atom. The van der Waals surface area contributed by atoms with E-state index in [0.29, 0.717) is 32.3 Å².